The number of hydrazone groups is 1. The third-order valence-corrected chi connectivity index (χ3v) is 5.88. The van der Waals surface area contributed by atoms with E-state index >= 15 is 0 Å². The molecular formula is C15H18N2O3S. The van der Waals surface area contributed by atoms with Gasteiger partial charge in [-0.3, -0.25) is 4.79 Å². The first-order valence-electron chi connectivity index (χ1n) is 7.13. The molecule has 2 aliphatic rings. The van der Waals surface area contributed by atoms with Crippen LogP contribution >= 0.6 is 0 Å². The van der Waals surface area contributed by atoms with Crippen molar-refractivity contribution in [3.8, 4) is 0 Å². The maximum atomic E-state index is 11.8. The monoisotopic (exact) mass is 306 g/mol. The van der Waals surface area contributed by atoms with E-state index in [1.807, 2.05) is 12.1 Å². The van der Waals surface area contributed by atoms with Crippen LogP contribution in [-0.4, -0.2) is 31.5 Å². The summed E-state index contributed by atoms with van der Waals surface area (Å²) in [5.41, 5.74) is 6.03. The van der Waals surface area contributed by atoms with Gasteiger partial charge in [-0.1, -0.05) is 24.3 Å². The molecule has 1 fully saturated rings. The zero-order chi connectivity index (χ0) is 14.9. The molecule has 0 aromatic heterocycles. The van der Waals surface area contributed by atoms with Gasteiger partial charge in [-0.2, -0.15) is 5.10 Å². The first-order chi connectivity index (χ1) is 10.0. The van der Waals surface area contributed by atoms with Gasteiger partial charge in [0, 0.05) is 25.0 Å². The molecule has 21 heavy (non-hydrogen) atoms. The highest BCUT2D eigenvalue weighted by atomic mass is 32.2. The highest BCUT2D eigenvalue weighted by Gasteiger charge is 2.29. The van der Waals surface area contributed by atoms with Gasteiger partial charge in [-0.05, 0) is 23.5 Å². The zero-order valence-electron chi connectivity index (χ0n) is 11.7. The van der Waals surface area contributed by atoms with E-state index in [-0.39, 0.29) is 29.8 Å². The van der Waals surface area contributed by atoms with E-state index in [0.717, 1.165) is 18.6 Å². The second kappa shape index (κ2) is 5.60. The number of nitrogens with one attached hydrogen (secondary N) is 1. The summed E-state index contributed by atoms with van der Waals surface area (Å²) in [5, 5.41) is 4.18. The van der Waals surface area contributed by atoms with Gasteiger partial charge in [-0.15, -0.1) is 0 Å². The van der Waals surface area contributed by atoms with Crippen molar-refractivity contribution in [2.24, 2.45) is 11.0 Å². The Balaban J connectivity index is 1.52. The summed E-state index contributed by atoms with van der Waals surface area (Å²) >= 11 is 0. The molecule has 112 valence electrons. The van der Waals surface area contributed by atoms with Crippen LogP contribution in [0.2, 0.25) is 0 Å². The molecule has 1 heterocycles. The molecule has 1 saturated heterocycles. The molecule has 3 rings (SSSR count). The maximum Gasteiger partial charge on any atom is 0.240 e. The Morgan fingerprint density at radius 2 is 1.90 bits per heavy atom. The smallest absolute Gasteiger partial charge is 0.240 e. The summed E-state index contributed by atoms with van der Waals surface area (Å²) < 4.78 is 22.7. The van der Waals surface area contributed by atoms with Crippen LogP contribution in [0.5, 0.6) is 0 Å². The molecule has 0 bridgehead atoms. The maximum absolute atomic E-state index is 11.8. The van der Waals surface area contributed by atoms with Crippen LogP contribution in [0.3, 0.4) is 0 Å². The van der Waals surface area contributed by atoms with Gasteiger partial charge < -0.3 is 0 Å². The van der Waals surface area contributed by atoms with Crippen LogP contribution in [0.1, 0.15) is 24.0 Å². The Bertz CT molecular complexity index is 668. The van der Waals surface area contributed by atoms with Gasteiger partial charge in [0.05, 0.1) is 11.5 Å². The normalized spacial score (nSPS) is 22.9. The Kier molecular flexibility index (Phi) is 3.80. The van der Waals surface area contributed by atoms with Crippen LogP contribution in [0.4, 0.5) is 0 Å². The number of rotatable bonds is 3. The third kappa shape index (κ3) is 3.50. The van der Waals surface area contributed by atoms with E-state index < -0.39 is 9.84 Å². The molecule has 6 heteroatoms. The molecular weight excluding hydrogens is 288 g/mol. The summed E-state index contributed by atoms with van der Waals surface area (Å²) in [5.74, 6) is 0.0774. The summed E-state index contributed by atoms with van der Waals surface area (Å²) in [4.78, 5) is 11.8. The van der Waals surface area contributed by atoms with Crippen LogP contribution in [0, 0.1) is 5.92 Å². The molecule has 1 atom stereocenters. The highest BCUT2D eigenvalue weighted by molar-refractivity contribution is 7.91. The number of benzene rings is 1. The van der Waals surface area contributed by atoms with Gasteiger partial charge >= 0.3 is 0 Å². The van der Waals surface area contributed by atoms with E-state index in [0.29, 0.717) is 6.42 Å². The number of nitrogens with zero attached hydrogens (tertiary/aromatic N) is 1. The lowest BCUT2D eigenvalue weighted by Crippen LogP contribution is -2.23. The Morgan fingerprint density at radius 1 is 1.24 bits per heavy atom. The number of hydrogen-bond acceptors (Lipinski definition) is 4. The average Bonchev–Trinajstić information content (AvgIpc) is 2.99. The lowest BCUT2D eigenvalue weighted by atomic mass is 10.1. The first kappa shape index (κ1) is 14.3. The number of carbonyl (C=O) groups excluding carboxylic acids is 1. The minimum atomic E-state index is -2.92. The lowest BCUT2D eigenvalue weighted by molar-refractivity contribution is -0.121. The molecule has 1 aliphatic heterocycles. The van der Waals surface area contributed by atoms with Crippen molar-refractivity contribution in [3.05, 3.63) is 35.4 Å². The molecule has 1 N–H and O–H groups in total. The molecule has 0 unspecified atom stereocenters. The van der Waals surface area contributed by atoms with Crippen LogP contribution < -0.4 is 5.43 Å². The summed E-state index contributed by atoms with van der Waals surface area (Å²) in [6.07, 6.45) is 2.36. The SMILES string of the molecule is O=C(C[C@@H]1CCS(=O)(=O)C1)NN=C1Cc2ccccc2C1. The summed E-state index contributed by atoms with van der Waals surface area (Å²) in [7, 11) is -2.92. The molecule has 5 nitrogen and oxygen atoms in total. The van der Waals surface area contributed by atoms with Gasteiger partial charge in [-0.25, -0.2) is 13.8 Å². The van der Waals surface area contributed by atoms with Crippen molar-refractivity contribution in [3.63, 3.8) is 0 Å². The molecule has 1 aromatic carbocycles. The number of sulfone groups is 1. The first-order valence-corrected chi connectivity index (χ1v) is 8.95. The number of hydrogen-bond donors (Lipinski definition) is 1. The molecule has 0 radical (unpaired) electrons. The van der Waals surface area contributed by atoms with E-state index in [1.165, 1.54) is 11.1 Å². The fourth-order valence-electron chi connectivity index (χ4n) is 2.97. The number of carbonyl (C=O) groups is 1. The fourth-order valence-corrected chi connectivity index (χ4v) is 4.83. The van der Waals surface area contributed by atoms with Gasteiger partial charge in [0.25, 0.3) is 0 Å². The topological polar surface area (TPSA) is 75.6 Å². The predicted molar refractivity (Wildman–Crippen MR) is 80.8 cm³/mol. The van der Waals surface area contributed by atoms with Crippen molar-refractivity contribution in [2.75, 3.05) is 11.5 Å². The van der Waals surface area contributed by atoms with E-state index in [4.69, 9.17) is 0 Å². The third-order valence-electron chi connectivity index (χ3n) is 4.05. The minimum Gasteiger partial charge on any atom is -0.273 e. The summed E-state index contributed by atoms with van der Waals surface area (Å²) in [6, 6.07) is 8.15. The van der Waals surface area contributed by atoms with Crippen LogP contribution in [0.15, 0.2) is 29.4 Å². The van der Waals surface area contributed by atoms with Crippen molar-refractivity contribution in [1.29, 1.82) is 0 Å². The second-order valence-electron chi connectivity index (χ2n) is 5.81. The largest absolute Gasteiger partial charge is 0.273 e. The Labute approximate surface area is 124 Å². The van der Waals surface area contributed by atoms with Crippen molar-refractivity contribution in [2.45, 2.75) is 25.7 Å². The van der Waals surface area contributed by atoms with Crippen molar-refractivity contribution in [1.82, 2.24) is 5.43 Å². The van der Waals surface area contributed by atoms with Gasteiger partial charge in [0.15, 0.2) is 9.84 Å². The summed E-state index contributed by atoms with van der Waals surface area (Å²) in [6.45, 7) is 0. The molecule has 0 spiro atoms. The van der Waals surface area contributed by atoms with E-state index in [1.54, 1.807) is 0 Å². The average molecular weight is 306 g/mol. The number of amides is 1. The van der Waals surface area contributed by atoms with Crippen molar-refractivity contribution < 1.29 is 13.2 Å². The van der Waals surface area contributed by atoms with E-state index in [2.05, 4.69) is 22.7 Å². The Morgan fingerprint density at radius 3 is 2.48 bits per heavy atom. The number of fused-ring (bicyclic) bond motifs is 1. The zero-order valence-corrected chi connectivity index (χ0v) is 12.5. The van der Waals surface area contributed by atoms with Crippen LogP contribution in [-0.2, 0) is 27.5 Å². The Hall–Kier alpha value is -1.69. The molecule has 1 aromatic rings. The lowest BCUT2D eigenvalue weighted by Gasteiger charge is -2.06. The van der Waals surface area contributed by atoms with Gasteiger partial charge in [0.1, 0.15) is 0 Å². The quantitative estimate of drug-likeness (QED) is 0.849. The second-order valence-corrected chi connectivity index (χ2v) is 8.04. The molecule has 1 amide bonds. The minimum absolute atomic E-state index is 0.0593. The predicted octanol–water partition coefficient (Wildman–Crippen LogP) is 1.08. The fraction of sp³-hybridized carbons (Fsp3) is 0.467. The van der Waals surface area contributed by atoms with Gasteiger partial charge in [0.2, 0.25) is 5.91 Å². The highest BCUT2D eigenvalue weighted by Crippen LogP contribution is 2.22. The van der Waals surface area contributed by atoms with Crippen LogP contribution in [0.25, 0.3) is 0 Å². The molecule has 1 aliphatic carbocycles. The molecule has 0 saturated carbocycles. The standard InChI is InChI=1S/C15H18N2O3S/c18-15(7-11-5-6-21(19,20)10-11)17-16-14-8-12-3-1-2-4-13(12)9-14/h1-4,11H,5-10H2,(H,17,18)/t11-/m0/s1. The van der Waals surface area contributed by atoms with E-state index in [9.17, 15) is 13.2 Å². The van der Waals surface area contributed by atoms with Crippen molar-refractivity contribution >= 4 is 21.5 Å².